The van der Waals surface area contributed by atoms with Crippen LogP contribution in [0.5, 0.6) is 0 Å². The van der Waals surface area contributed by atoms with E-state index in [-0.39, 0.29) is 29.2 Å². The molecule has 0 saturated heterocycles. The molecule has 0 spiro atoms. The van der Waals surface area contributed by atoms with Crippen LogP contribution in [0.25, 0.3) is 10.8 Å². The molecule has 0 aromatic heterocycles. The van der Waals surface area contributed by atoms with Gasteiger partial charge in [-0.15, -0.1) is 0 Å². The van der Waals surface area contributed by atoms with Gasteiger partial charge in [-0.25, -0.2) is 4.79 Å². The lowest BCUT2D eigenvalue weighted by molar-refractivity contribution is -0.120. The Hall–Kier alpha value is -3.34. The van der Waals surface area contributed by atoms with Gasteiger partial charge in [0.1, 0.15) is 0 Å². The van der Waals surface area contributed by atoms with Gasteiger partial charge < -0.3 is 15.4 Å². The smallest absolute Gasteiger partial charge is 0.407 e. The number of anilines is 1. The van der Waals surface area contributed by atoms with Gasteiger partial charge in [0, 0.05) is 11.6 Å². The van der Waals surface area contributed by atoms with Crippen molar-refractivity contribution in [3.8, 4) is 0 Å². The van der Waals surface area contributed by atoms with E-state index in [1.807, 2.05) is 73.7 Å². The van der Waals surface area contributed by atoms with Crippen molar-refractivity contribution in [3.05, 3.63) is 78.4 Å². The Bertz CT molecular complexity index is 1100. The Morgan fingerprint density at radius 3 is 2.39 bits per heavy atom. The zero-order valence-electron chi connectivity index (χ0n) is 18.1. The summed E-state index contributed by atoms with van der Waals surface area (Å²) >= 11 is 0. The number of hydrogen-bond acceptors (Lipinski definition) is 3. The zero-order chi connectivity index (χ0) is 22.0. The molecule has 0 bridgehead atoms. The van der Waals surface area contributed by atoms with Crippen LogP contribution in [-0.4, -0.2) is 19.1 Å². The van der Waals surface area contributed by atoms with E-state index in [1.165, 1.54) is 7.11 Å². The molecule has 3 aromatic rings. The van der Waals surface area contributed by atoms with Crippen LogP contribution in [0, 0.1) is 17.3 Å². The van der Waals surface area contributed by atoms with Gasteiger partial charge in [0.05, 0.1) is 13.2 Å². The predicted octanol–water partition coefficient (Wildman–Crippen LogP) is 5.54. The third-order valence-corrected chi connectivity index (χ3v) is 6.62. The monoisotopic (exact) mass is 416 g/mol. The molecule has 160 valence electrons. The number of alkyl carbamates (subject to hydrolysis) is 1. The van der Waals surface area contributed by atoms with Crippen molar-refractivity contribution in [3.63, 3.8) is 0 Å². The number of hydrogen-bond donors (Lipinski definition) is 2. The summed E-state index contributed by atoms with van der Waals surface area (Å²) < 4.78 is 4.85. The molecule has 2 N–H and O–H groups in total. The minimum Gasteiger partial charge on any atom is -0.453 e. The fourth-order valence-corrected chi connectivity index (χ4v) is 4.65. The molecule has 2 amide bonds. The predicted molar refractivity (Wildman–Crippen MR) is 123 cm³/mol. The van der Waals surface area contributed by atoms with Gasteiger partial charge in [-0.05, 0) is 46.2 Å². The molecule has 0 heterocycles. The Morgan fingerprint density at radius 1 is 1.00 bits per heavy atom. The fraction of sp³-hybridized carbons (Fsp3) is 0.308. The van der Waals surface area contributed by atoms with Crippen LogP contribution < -0.4 is 10.6 Å². The van der Waals surface area contributed by atoms with Gasteiger partial charge in [0.2, 0.25) is 5.91 Å². The molecule has 3 aromatic carbocycles. The van der Waals surface area contributed by atoms with E-state index in [9.17, 15) is 9.59 Å². The van der Waals surface area contributed by atoms with Gasteiger partial charge >= 0.3 is 6.09 Å². The first-order valence-electron chi connectivity index (χ1n) is 10.6. The van der Waals surface area contributed by atoms with Crippen molar-refractivity contribution >= 4 is 28.5 Å². The SMILES string of the molecule is COC(=O)NC(c1ccccc1)[C@@]1(C)CC1C(C)C(=O)Nc1ccc2ccccc2c1. The highest BCUT2D eigenvalue weighted by Crippen LogP contribution is 2.63. The first-order valence-corrected chi connectivity index (χ1v) is 10.6. The zero-order valence-corrected chi connectivity index (χ0v) is 18.1. The van der Waals surface area contributed by atoms with Crippen molar-refractivity contribution < 1.29 is 14.3 Å². The lowest BCUT2D eigenvalue weighted by atomic mass is 9.86. The van der Waals surface area contributed by atoms with Crippen molar-refractivity contribution in [1.29, 1.82) is 0 Å². The Labute approximate surface area is 182 Å². The number of fused-ring (bicyclic) bond motifs is 1. The largest absolute Gasteiger partial charge is 0.453 e. The van der Waals surface area contributed by atoms with Crippen LogP contribution in [0.3, 0.4) is 0 Å². The lowest BCUT2D eigenvalue weighted by Crippen LogP contribution is -2.35. The van der Waals surface area contributed by atoms with E-state index < -0.39 is 6.09 Å². The van der Waals surface area contributed by atoms with Crippen LogP contribution in [0.15, 0.2) is 72.8 Å². The van der Waals surface area contributed by atoms with Crippen molar-refractivity contribution in [2.75, 3.05) is 12.4 Å². The second kappa shape index (κ2) is 8.42. The summed E-state index contributed by atoms with van der Waals surface area (Å²) in [4.78, 5) is 25.0. The molecule has 31 heavy (non-hydrogen) atoms. The molecule has 1 fully saturated rings. The summed E-state index contributed by atoms with van der Waals surface area (Å²) in [6.45, 7) is 4.09. The molecule has 5 heteroatoms. The van der Waals surface area contributed by atoms with E-state index in [1.54, 1.807) is 0 Å². The maximum absolute atomic E-state index is 13.0. The normalized spacial score (nSPS) is 21.7. The first kappa shape index (κ1) is 20.9. The number of rotatable bonds is 6. The van der Waals surface area contributed by atoms with Crippen LogP contribution in [0.2, 0.25) is 0 Å². The highest BCUT2D eigenvalue weighted by molar-refractivity contribution is 5.95. The molecule has 3 unspecified atom stereocenters. The minimum absolute atomic E-state index is 0.00566. The van der Waals surface area contributed by atoms with Crippen molar-refractivity contribution in [2.24, 2.45) is 17.3 Å². The average molecular weight is 417 g/mol. The lowest BCUT2D eigenvalue weighted by Gasteiger charge is -2.27. The van der Waals surface area contributed by atoms with Crippen LogP contribution in [0.1, 0.15) is 31.9 Å². The molecule has 0 radical (unpaired) electrons. The number of carbonyl (C=O) groups excluding carboxylic acids is 2. The number of nitrogens with one attached hydrogen (secondary N) is 2. The fourth-order valence-electron chi connectivity index (χ4n) is 4.65. The van der Waals surface area contributed by atoms with E-state index in [2.05, 4.69) is 23.6 Å². The Balaban J connectivity index is 1.49. The van der Waals surface area contributed by atoms with Crippen molar-refractivity contribution in [1.82, 2.24) is 5.32 Å². The van der Waals surface area contributed by atoms with Gasteiger partial charge in [0.25, 0.3) is 0 Å². The number of carbonyl (C=O) groups is 2. The minimum atomic E-state index is -0.464. The quantitative estimate of drug-likeness (QED) is 0.555. The molecule has 1 aliphatic rings. The van der Waals surface area contributed by atoms with Crippen LogP contribution in [-0.2, 0) is 9.53 Å². The number of benzene rings is 3. The van der Waals surface area contributed by atoms with Gasteiger partial charge in [0.15, 0.2) is 0 Å². The number of ether oxygens (including phenoxy) is 1. The second-order valence-electron chi connectivity index (χ2n) is 8.64. The summed E-state index contributed by atoms with van der Waals surface area (Å²) in [5.74, 6) is -0.0497. The molecule has 5 nitrogen and oxygen atoms in total. The molecule has 4 rings (SSSR count). The summed E-state index contributed by atoms with van der Waals surface area (Å²) in [5.41, 5.74) is 1.58. The third kappa shape index (κ3) is 4.26. The molecule has 1 saturated carbocycles. The van der Waals surface area contributed by atoms with E-state index in [0.717, 1.165) is 28.4 Å². The third-order valence-electron chi connectivity index (χ3n) is 6.62. The van der Waals surface area contributed by atoms with Gasteiger partial charge in [-0.2, -0.15) is 0 Å². The summed E-state index contributed by atoms with van der Waals surface area (Å²) in [6, 6.07) is 23.7. The Morgan fingerprint density at radius 2 is 1.68 bits per heavy atom. The standard InChI is InChI=1S/C26H28N2O3/c1-17(24(29)27-21-14-13-18-9-7-8-12-20(18)15-21)22-16-26(22,2)23(28-25(30)31-3)19-10-5-4-6-11-19/h4-15,17,22-23H,16H2,1-3H3,(H,27,29)(H,28,30)/t17?,22?,23?,26-/m0/s1. The maximum atomic E-state index is 13.0. The second-order valence-corrected chi connectivity index (χ2v) is 8.64. The Kier molecular flexibility index (Phi) is 5.68. The molecule has 4 atom stereocenters. The first-order chi connectivity index (χ1) is 14.9. The molecular weight excluding hydrogens is 388 g/mol. The van der Waals surface area contributed by atoms with Crippen molar-refractivity contribution in [2.45, 2.75) is 26.3 Å². The summed E-state index contributed by atoms with van der Waals surface area (Å²) in [6.07, 6.45) is 0.386. The van der Waals surface area contributed by atoms with E-state index in [0.29, 0.717) is 0 Å². The highest BCUT2D eigenvalue weighted by atomic mass is 16.5. The van der Waals surface area contributed by atoms with Crippen LogP contribution in [0.4, 0.5) is 10.5 Å². The number of amides is 2. The highest BCUT2D eigenvalue weighted by Gasteiger charge is 2.59. The van der Waals surface area contributed by atoms with E-state index >= 15 is 0 Å². The maximum Gasteiger partial charge on any atom is 0.407 e. The summed E-state index contributed by atoms with van der Waals surface area (Å²) in [7, 11) is 1.36. The number of methoxy groups -OCH3 is 1. The molecular formula is C26H28N2O3. The van der Waals surface area contributed by atoms with Gasteiger partial charge in [-0.1, -0.05) is 74.5 Å². The topological polar surface area (TPSA) is 67.4 Å². The summed E-state index contributed by atoms with van der Waals surface area (Å²) in [5, 5.41) is 8.29. The van der Waals surface area contributed by atoms with Gasteiger partial charge in [-0.3, -0.25) is 4.79 Å². The van der Waals surface area contributed by atoms with E-state index in [4.69, 9.17) is 4.74 Å². The average Bonchev–Trinajstić information content (AvgIpc) is 3.49. The molecule has 0 aliphatic heterocycles. The van der Waals surface area contributed by atoms with Crippen LogP contribution >= 0.6 is 0 Å². The molecule has 1 aliphatic carbocycles.